The van der Waals surface area contributed by atoms with Crippen LogP contribution in [0.1, 0.15) is 42.9 Å². The standard InChI is InChI=1S/C20H25N3O/c24-20(22-15-17-7-2-1-3-8-17)11-14-23-13-5-4-10-19(23)18-9-6-12-21-16-18/h1-3,6-9,12,16,19H,4-5,10-11,13-15H2,(H,22,24)/t19-/m1/s1. The lowest BCUT2D eigenvalue weighted by atomic mass is 9.96. The van der Waals surface area contributed by atoms with Crippen molar-refractivity contribution in [1.29, 1.82) is 0 Å². The Morgan fingerprint density at radius 1 is 1.17 bits per heavy atom. The van der Waals surface area contributed by atoms with E-state index < -0.39 is 0 Å². The van der Waals surface area contributed by atoms with E-state index in [-0.39, 0.29) is 5.91 Å². The molecule has 4 heteroatoms. The number of hydrogen-bond donors (Lipinski definition) is 1. The largest absolute Gasteiger partial charge is 0.352 e. The summed E-state index contributed by atoms with van der Waals surface area (Å²) in [4.78, 5) is 18.8. The van der Waals surface area contributed by atoms with Crippen LogP contribution in [-0.2, 0) is 11.3 Å². The Kier molecular flexibility index (Phi) is 5.96. The molecule has 0 spiro atoms. The van der Waals surface area contributed by atoms with Crippen LogP contribution in [0.3, 0.4) is 0 Å². The van der Waals surface area contributed by atoms with Crippen LogP contribution in [0.2, 0.25) is 0 Å². The third-order valence-corrected chi connectivity index (χ3v) is 4.64. The maximum Gasteiger partial charge on any atom is 0.221 e. The summed E-state index contributed by atoms with van der Waals surface area (Å²) in [6.45, 7) is 2.47. The van der Waals surface area contributed by atoms with Gasteiger partial charge in [-0.3, -0.25) is 14.7 Å². The van der Waals surface area contributed by atoms with E-state index in [1.807, 2.05) is 48.8 Å². The minimum Gasteiger partial charge on any atom is -0.352 e. The van der Waals surface area contributed by atoms with Crippen LogP contribution in [0.15, 0.2) is 54.9 Å². The Balaban J connectivity index is 1.49. The van der Waals surface area contributed by atoms with E-state index in [0.29, 0.717) is 19.0 Å². The van der Waals surface area contributed by atoms with Crippen molar-refractivity contribution in [2.24, 2.45) is 0 Å². The van der Waals surface area contributed by atoms with Crippen molar-refractivity contribution in [3.8, 4) is 0 Å². The predicted molar refractivity (Wildman–Crippen MR) is 95.3 cm³/mol. The summed E-state index contributed by atoms with van der Waals surface area (Å²) in [5.41, 5.74) is 2.40. The summed E-state index contributed by atoms with van der Waals surface area (Å²) >= 11 is 0. The lowest BCUT2D eigenvalue weighted by molar-refractivity contribution is -0.121. The molecular weight excluding hydrogens is 298 g/mol. The van der Waals surface area contributed by atoms with Crippen LogP contribution in [0.4, 0.5) is 0 Å². The molecule has 1 aliphatic rings. The molecule has 126 valence electrons. The van der Waals surface area contributed by atoms with Crippen molar-refractivity contribution in [1.82, 2.24) is 15.2 Å². The highest BCUT2D eigenvalue weighted by Crippen LogP contribution is 2.30. The molecule has 0 unspecified atom stereocenters. The van der Waals surface area contributed by atoms with Gasteiger partial charge in [0.1, 0.15) is 0 Å². The normalized spacial score (nSPS) is 18.2. The second kappa shape index (κ2) is 8.60. The molecule has 1 amide bonds. The molecule has 0 saturated carbocycles. The Morgan fingerprint density at radius 2 is 2.04 bits per heavy atom. The van der Waals surface area contributed by atoms with E-state index in [4.69, 9.17) is 0 Å². The zero-order valence-corrected chi connectivity index (χ0v) is 14.0. The molecule has 1 saturated heterocycles. The fourth-order valence-corrected chi connectivity index (χ4v) is 3.34. The van der Waals surface area contributed by atoms with E-state index in [1.54, 1.807) is 0 Å². The molecule has 1 aromatic carbocycles. The number of hydrogen-bond acceptors (Lipinski definition) is 3. The van der Waals surface area contributed by atoms with Crippen LogP contribution in [0, 0.1) is 0 Å². The Labute approximate surface area is 143 Å². The molecule has 2 heterocycles. The lowest BCUT2D eigenvalue weighted by Gasteiger charge is -2.35. The summed E-state index contributed by atoms with van der Waals surface area (Å²) in [7, 11) is 0. The van der Waals surface area contributed by atoms with Gasteiger partial charge in [0, 0.05) is 37.9 Å². The zero-order chi connectivity index (χ0) is 16.6. The van der Waals surface area contributed by atoms with Gasteiger partial charge in [0.25, 0.3) is 0 Å². The first-order chi connectivity index (χ1) is 11.8. The van der Waals surface area contributed by atoms with Crippen molar-refractivity contribution >= 4 is 5.91 Å². The minimum absolute atomic E-state index is 0.120. The maximum absolute atomic E-state index is 12.2. The monoisotopic (exact) mass is 323 g/mol. The molecule has 0 bridgehead atoms. The molecule has 1 atom stereocenters. The number of nitrogens with one attached hydrogen (secondary N) is 1. The lowest BCUT2D eigenvalue weighted by Crippen LogP contribution is -2.36. The minimum atomic E-state index is 0.120. The SMILES string of the molecule is O=C(CCN1CCCC[C@@H]1c1cccnc1)NCc1ccccc1. The van der Waals surface area contributed by atoms with Crippen molar-refractivity contribution in [2.45, 2.75) is 38.3 Å². The van der Waals surface area contributed by atoms with Crippen molar-refractivity contribution in [3.63, 3.8) is 0 Å². The highest BCUT2D eigenvalue weighted by Gasteiger charge is 2.24. The van der Waals surface area contributed by atoms with Gasteiger partial charge in [-0.1, -0.05) is 42.8 Å². The van der Waals surface area contributed by atoms with E-state index in [0.717, 1.165) is 25.1 Å². The predicted octanol–water partition coefficient (Wildman–Crippen LogP) is 3.32. The third-order valence-electron chi connectivity index (χ3n) is 4.64. The second-order valence-electron chi connectivity index (χ2n) is 6.35. The summed E-state index contributed by atoms with van der Waals surface area (Å²) in [5.74, 6) is 0.120. The first-order valence-corrected chi connectivity index (χ1v) is 8.77. The molecule has 2 aromatic rings. The number of benzene rings is 1. The fourth-order valence-electron chi connectivity index (χ4n) is 3.34. The van der Waals surface area contributed by atoms with Gasteiger partial charge < -0.3 is 5.32 Å². The van der Waals surface area contributed by atoms with E-state index in [2.05, 4.69) is 21.3 Å². The van der Waals surface area contributed by atoms with Gasteiger partial charge in [0.15, 0.2) is 0 Å². The number of amides is 1. The molecule has 0 radical (unpaired) electrons. The zero-order valence-electron chi connectivity index (χ0n) is 14.0. The molecule has 1 aromatic heterocycles. The number of pyridine rings is 1. The summed E-state index contributed by atoms with van der Waals surface area (Å²) in [5, 5.41) is 3.02. The van der Waals surface area contributed by atoms with Gasteiger partial charge in [0.05, 0.1) is 0 Å². The number of carbonyl (C=O) groups excluding carboxylic acids is 1. The maximum atomic E-state index is 12.2. The number of carbonyl (C=O) groups is 1. The van der Waals surface area contributed by atoms with Crippen LogP contribution in [0.5, 0.6) is 0 Å². The Morgan fingerprint density at radius 3 is 2.83 bits per heavy atom. The van der Waals surface area contributed by atoms with Gasteiger partial charge in [-0.25, -0.2) is 0 Å². The molecule has 1 N–H and O–H groups in total. The topological polar surface area (TPSA) is 45.2 Å². The van der Waals surface area contributed by atoms with Crippen LogP contribution < -0.4 is 5.32 Å². The van der Waals surface area contributed by atoms with Gasteiger partial charge in [-0.05, 0) is 36.6 Å². The van der Waals surface area contributed by atoms with Gasteiger partial charge in [-0.15, -0.1) is 0 Å². The summed E-state index contributed by atoms with van der Waals surface area (Å²) in [6, 6.07) is 14.6. The number of piperidine rings is 1. The Bertz CT molecular complexity index is 630. The van der Waals surface area contributed by atoms with Gasteiger partial charge >= 0.3 is 0 Å². The Hall–Kier alpha value is -2.20. The van der Waals surface area contributed by atoms with Crippen molar-refractivity contribution < 1.29 is 4.79 Å². The molecule has 24 heavy (non-hydrogen) atoms. The molecule has 3 rings (SSSR count). The average Bonchev–Trinajstić information content (AvgIpc) is 2.66. The second-order valence-corrected chi connectivity index (χ2v) is 6.35. The van der Waals surface area contributed by atoms with Crippen LogP contribution in [0.25, 0.3) is 0 Å². The molecular formula is C20H25N3O. The number of likely N-dealkylation sites (tertiary alicyclic amines) is 1. The highest BCUT2D eigenvalue weighted by molar-refractivity contribution is 5.76. The molecule has 1 fully saturated rings. The van der Waals surface area contributed by atoms with Crippen molar-refractivity contribution in [3.05, 3.63) is 66.0 Å². The summed E-state index contributed by atoms with van der Waals surface area (Å²) < 4.78 is 0. The number of aromatic nitrogens is 1. The quantitative estimate of drug-likeness (QED) is 0.887. The van der Waals surface area contributed by atoms with Crippen molar-refractivity contribution in [2.75, 3.05) is 13.1 Å². The number of rotatable bonds is 6. The molecule has 1 aliphatic heterocycles. The smallest absolute Gasteiger partial charge is 0.221 e. The first-order valence-electron chi connectivity index (χ1n) is 8.77. The molecule has 4 nitrogen and oxygen atoms in total. The van der Waals surface area contributed by atoms with Crippen LogP contribution >= 0.6 is 0 Å². The van der Waals surface area contributed by atoms with Crippen LogP contribution in [-0.4, -0.2) is 28.9 Å². The summed E-state index contributed by atoms with van der Waals surface area (Å²) in [6.07, 6.45) is 7.92. The third kappa shape index (κ3) is 4.65. The molecule has 0 aliphatic carbocycles. The van der Waals surface area contributed by atoms with Gasteiger partial charge in [0.2, 0.25) is 5.91 Å². The fraction of sp³-hybridized carbons (Fsp3) is 0.400. The highest BCUT2D eigenvalue weighted by atomic mass is 16.1. The van der Waals surface area contributed by atoms with E-state index in [1.165, 1.54) is 18.4 Å². The average molecular weight is 323 g/mol. The van der Waals surface area contributed by atoms with E-state index >= 15 is 0 Å². The first kappa shape index (κ1) is 16.7. The van der Waals surface area contributed by atoms with Gasteiger partial charge in [-0.2, -0.15) is 0 Å². The number of nitrogens with zero attached hydrogens (tertiary/aromatic N) is 2. The van der Waals surface area contributed by atoms with E-state index in [9.17, 15) is 4.79 Å².